The zero-order valence-electron chi connectivity index (χ0n) is 12.9. The van der Waals surface area contributed by atoms with Crippen molar-refractivity contribution in [3.63, 3.8) is 0 Å². The van der Waals surface area contributed by atoms with Gasteiger partial charge in [0.2, 0.25) is 0 Å². The molecule has 1 aromatic rings. The van der Waals surface area contributed by atoms with Crippen molar-refractivity contribution in [2.75, 3.05) is 25.1 Å². The first-order valence-corrected chi connectivity index (χ1v) is 7.14. The van der Waals surface area contributed by atoms with Crippen molar-refractivity contribution < 1.29 is 14.0 Å². The molecule has 0 bridgehead atoms. The van der Waals surface area contributed by atoms with Crippen molar-refractivity contribution in [2.45, 2.75) is 38.9 Å². The van der Waals surface area contributed by atoms with E-state index in [0.29, 0.717) is 0 Å². The van der Waals surface area contributed by atoms with Crippen LogP contribution in [0.3, 0.4) is 0 Å². The Labute approximate surface area is 121 Å². The molecule has 0 N–H and O–H groups in total. The Hall–Kier alpha value is -1.20. The van der Waals surface area contributed by atoms with E-state index in [1.54, 1.807) is 0 Å². The maximum Gasteiger partial charge on any atom is 0.494 e. The van der Waals surface area contributed by atoms with Gasteiger partial charge in [0.1, 0.15) is 12.4 Å². The van der Waals surface area contributed by atoms with Gasteiger partial charge < -0.3 is 18.9 Å². The van der Waals surface area contributed by atoms with Gasteiger partial charge in [-0.1, -0.05) is 6.07 Å². The fourth-order valence-electron chi connectivity index (χ4n) is 2.50. The molecule has 20 heavy (non-hydrogen) atoms. The highest BCUT2D eigenvalue weighted by molar-refractivity contribution is 6.62. The summed E-state index contributed by atoms with van der Waals surface area (Å²) in [5, 5.41) is 0. The molecular formula is C15H22BNO3. The molecule has 1 aromatic carbocycles. The number of hydrogen-bond acceptors (Lipinski definition) is 4. The summed E-state index contributed by atoms with van der Waals surface area (Å²) in [6, 6.07) is 6.17. The van der Waals surface area contributed by atoms with Crippen molar-refractivity contribution >= 4 is 18.3 Å². The highest BCUT2D eigenvalue weighted by Crippen LogP contribution is 2.37. The van der Waals surface area contributed by atoms with Gasteiger partial charge in [-0.15, -0.1) is 0 Å². The van der Waals surface area contributed by atoms with Crippen LogP contribution in [0.1, 0.15) is 27.7 Å². The molecule has 3 rings (SSSR count). The number of rotatable bonds is 1. The van der Waals surface area contributed by atoms with E-state index in [9.17, 15) is 0 Å². The number of hydrogen-bond donors (Lipinski definition) is 0. The second-order valence-electron chi connectivity index (χ2n) is 6.59. The van der Waals surface area contributed by atoms with Crippen LogP contribution in [0.4, 0.5) is 5.69 Å². The Morgan fingerprint density at radius 1 is 1.10 bits per heavy atom. The van der Waals surface area contributed by atoms with Gasteiger partial charge in [0.15, 0.2) is 0 Å². The Morgan fingerprint density at radius 3 is 2.40 bits per heavy atom. The Bertz CT molecular complexity index is 514. The molecule has 0 spiro atoms. The van der Waals surface area contributed by atoms with Crippen molar-refractivity contribution in [3.05, 3.63) is 18.2 Å². The number of fused-ring (bicyclic) bond motifs is 1. The average Bonchev–Trinajstić information content (AvgIpc) is 2.58. The van der Waals surface area contributed by atoms with Crippen molar-refractivity contribution in [3.8, 4) is 5.75 Å². The third-order valence-electron chi connectivity index (χ3n) is 4.60. The van der Waals surface area contributed by atoms with Gasteiger partial charge >= 0.3 is 7.12 Å². The smallest absolute Gasteiger partial charge is 0.490 e. The standard InChI is InChI=1S/C15H22BNO3/c1-14(2)15(3,4)20-16(19-14)11-6-7-12-13(10-11)18-9-8-17(12)5/h6-7,10H,8-9H2,1-5H3. The molecule has 0 amide bonds. The molecule has 0 atom stereocenters. The third kappa shape index (κ3) is 2.09. The lowest BCUT2D eigenvalue weighted by molar-refractivity contribution is 0.00578. The first kappa shape index (κ1) is 13.8. The van der Waals surface area contributed by atoms with Crippen molar-refractivity contribution in [2.24, 2.45) is 0 Å². The van der Waals surface area contributed by atoms with E-state index in [1.165, 1.54) is 0 Å². The summed E-state index contributed by atoms with van der Waals surface area (Å²) in [6.45, 7) is 9.90. The molecule has 4 nitrogen and oxygen atoms in total. The maximum atomic E-state index is 6.08. The van der Waals surface area contributed by atoms with Crippen LogP contribution in [-0.2, 0) is 9.31 Å². The normalized spacial score (nSPS) is 23.4. The molecule has 2 heterocycles. The number of anilines is 1. The topological polar surface area (TPSA) is 30.9 Å². The highest BCUT2D eigenvalue weighted by atomic mass is 16.7. The Balaban J connectivity index is 1.90. The molecule has 0 aliphatic carbocycles. The van der Waals surface area contributed by atoms with E-state index in [4.69, 9.17) is 14.0 Å². The molecule has 0 radical (unpaired) electrons. The summed E-state index contributed by atoms with van der Waals surface area (Å²) in [5.74, 6) is 0.908. The summed E-state index contributed by atoms with van der Waals surface area (Å²) in [5.41, 5.74) is 1.50. The van der Waals surface area contributed by atoms with E-state index in [2.05, 4.69) is 51.8 Å². The highest BCUT2D eigenvalue weighted by Gasteiger charge is 2.51. The van der Waals surface area contributed by atoms with Crippen LogP contribution in [0.25, 0.3) is 0 Å². The average molecular weight is 275 g/mol. The van der Waals surface area contributed by atoms with Gasteiger partial charge in [-0.2, -0.15) is 0 Å². The largest absolute Gasteiger partial charge is 0.494 e. The molecule has 1 saturated heterocycles. The molecule has 0 saturated carbocycles. The number of ether oxygens (including phenoxy) is 1. The molecule has 5 heteroatoms. The molecule has 108 valence electrons. The van der Waals surface area contributed by atoms with Crippen LogP contribution < -0.4 is 15.1 Å². The first-order valence-electron chi connectivity index (χ1n) is 7.14. The lowest BCUT2D eigenvalue weighted by atomic mass is 9.79. The van der Waals surface area contributed by atoms with Crippen LogP contribution in [0.5, 0.6) is 5.75 Å². The second kappa shape index (κ2) is 4.40. The molecule has 2 aliphatic rings. The lowest BCUT2D eigenvalue weighted by Gasteiger charge is -2.32. The quantitative estimate of drug-likeness (QED) is 0.731. The van der Waals surface area contributed by atoms with E-state index < -0.39 is 0 Å². The summed E-state index contributed by atoms with van der Waals surface area (Å²) in [6.07, 6.45) is 0. The van der Waals surface area contributed by atoms with Gasteiger partial charge in [-0.3, -0.25) is 0 Å². The SMILES string of the molecule is CN1CCOc2cc(B3OC(C)(C)C(C)(C)O3)ccc21. The number of benzene rings is 1. The van der Waals surface area contributed by atoms with E-state index >= 15 is 0 Å². The minimum atomic E-state index is -0.332. The van der Waals surface area contributed by atoms with Gasteiger partial charge in [-0.05, 0) is 45.3 Å². The zero-order valence-corrected chi connectivity index (χ0v) is 12.9. The monoisotopic (exact) mass is 275 g/mol. The second-order valence-corrected chi connectivity index (χ2v) is 6.59. The third-order valence-corrected chi connectivity index (χ3v) is 4.60. The molecular weight excluding hydrogens is 253 g/mol. The van der Waals surface area contributed by atoms with Gasteiger partial charge in [0.05, 0.1) is 23.4 Å². The fourth-order valence-corrected chi connectivity index (χ4v) is 2.50. The summed E-state index contributed by atoms with van der Waals surface area (Å²) in [7, 11) is 1.75. The summed E-state index contributed by atoms with van der Waals surface area (Å²) in [4.78, 5) is 2.20. The molecule has 0 aromatic heterocycles. The zero-order chi connectivity index (χ0) is 14.5. The number of nitrogens with zero attached hydrogens (tertiary/aromatic N) is 1. The predicted molar refractivity (Wildman–Crippen MR) is 80.9 cm³/mol. The minimum absolute atomic E-state index is 0.314. The Kier molecular flexibility index (Phi) is 3.03. The summed E-state index contributed by atoms with van der Waals surface area (Å²) >= 11 is 0. The predicted octanol–water partition coefficient (Wildman–Crippen LogP) is 1.81. The van der Waals surface area contributed by atoms with Crippen LogP contribution in [-0.4, -0.2) is 38.5 Å². The van der Waals surface area contributed by atoms with Gasteiger partial charge in [-0.25, -0.2) is 0 Å². The van der Waals surface area contributed by atoms with Gasteiger partial charge in [0.25, 0.3) is 0 Å². The van der Waals surface area contributed by atoms with Crippen molar-refractivity contribution in [1.82, 2.24) is 0 Å². The maximum absolute atomic E-state index is 6.08. The minimum Gasteiger partial charge on any atom is -0.490 e. The summed E-state index contributed by atoms with van der Waals surface area (Å²) < 4.78 is 17.9. The number of likely N-dealkylation sites (N-methyl/N-ethyl adjacent to an activating group) is 1. The lowest BCUT2D eigenvalue weighted by Crippen LogP contribution is -2.41. The fraction of sp³-hybridized carbons (Fsp3) is 0.600. The van der Waals surface area contributed by atoms with Crippen molar-refractivity contribution in [1.29, 1.82) is 0 Å². The molecule has 1 fully saturated rings. The van der Waals surface area contributed by atoms with Crippen LogP contribution in [0.2, 0.25) is 0 Å². The Morgan fingerprint density at radius 2 is 1.75 bits per heavy atom. The van der Waals surface area contributed by atoms with Gasteiger partial charge in [0, 0.05) is 7.05 Å². The van der Waals surface area contributed by atoms with E-state index in [1.807, 2.05) is 6.07 Å². The molecule has 2 aliphatic heterocycles. The van der Waals surface area contributed by atoms with Crippen LogP contribution >= 0.6 is 0 Å². The first-order chi connectivity index (χ1) is 9.30. The van der Waals surface area contributed by atoms with Crippen LogP contribution in [0.15, 0.2) is 18.2 Å². The van der Waals surface area contributed by atoms with E-state index in [-0.39, 0.29) is 18.3 Å². The molecule has 0 unspecified atom stereocenters. The van der Waals surface area contributed by atoms with E-state index in [0.717, 1.165) is 30.1 Å². The van der Waals surface area contributed by atoms with Crippen LogP contribution in [0, 0.1) is 0 Å².